The summed E-state index contributed by atoms with van der Waals surface area (Å²) in [6, 6.07) is 40.1. The molecule has 1 N–H and O–H groups in total. The molecule has 0 aromatic heterocycles. The summed E-state index contributed by atoms with van der Waals surface area (Å²) in [4.78, 5) is 0. The van der Waals surface area contributed by atoms with Gasteiger partial charge in [0.2, 0.25) is 0 Å². The summed E-state index contributed by atoms with van der Waals surface area (Å²) in [5.41, 5.74) is 11.5. The molecule has 0 atom stereocenters. The smallest absolute Gasteiger partial charge is 0.115 e. The third-order valence-electron chi connectivity index (χ3n) is 9.49. The second-order valence-electron chi connectivity index (χ2n) is 13.1. The van der Waals surface area contributed by atoms with E-state index in [4.69, 9.17) is 0 Å². The standard InChI is InChI=1S/C41H34O/c1-24(2)19-25-20-30-6-5-27-9-15-33(36-18-12-31(21-25)39(30)40(27)36)29-11-17-35-34-16-10-28(26-7-13-32(42)14-8-26)22-37(34)41(3,4)38(35)23-29/h5-18,20-24,42H,19H2,1-4H3. The molecule has 0 fully saturated rings. The molecule has 0 bridgehead atoms. The summed E-state index contributed by atoms with van der Waals surface area (Å²) in [5.74, 6) is 0.933. The summed E-state index contributed by atoms with van der Waals surface area (Å²) in [5, 5.41) is 17.8. The number of benzene rings is 7. The predicted molar refractivity (Wildman–Crippen MR) is 179 cm³/mol. The predicted octanol–water partition coefficient (Wildman–Crippen LogP) is 11.1. The lowest BCUT2D eigenvalue weighted by atomic mass is 9.80. The van der Waals surface area contributed by atoms with E-state index in [0.29, 0.717) is 11.7 Å². The van der Waals surface area contributed by atoms with Crippen LogP contribution >= 0.6 is 0 Å². The Labute approximate surface area is 247 Å². The molecule has 7 aromatic carbocycles. The summed E-state index contributed by atoms with van der Waals surface area (Å²) >= 11 is 0. The van der Waals surface area contributed by atoms with E-state index in [9.17, 15) is 5.11 Å². The molecule has 0 unspecified atom stereocenters. The molecule has 1 aliphatic carbocycles. The van der Waals surface area contributed by atoms with Crippen LogP contribution in [0, 0.1) is 5.92 Å². The molecular weight excluding hydrogens is 508 g/mol. The van der Waals surface area contributed by atoms with Gasteiger partial charge in [0, 0.05) is 5.41 Å². The lowest BCUT2D eigenvalue weighted by Gasteiger charge is -2.23. The normalized spacial score (nSPS) is 13.8. The Balaban J connectivity index is 1.26. The van der Waals surface area contributed by atoms with Gasteiger partial charge in [-0.1, -0.05) is 113 Å². The zero-order valence-electron chi connectivity index (χ0n) is 24.6. The molecule has 1 nitrogen and oxygen atoms in total. The van der Waals surface area contributed by atoms with Crippen molar-refractivity contribution in [2.45, 2.75) is 39.5 Å². The molecule has 0 radical (unpaired) electrons. The largest absolute Gasteiger partial charge is 0.508 e. The maximum Gasteiger partial charge on any atom is 0.115 e. The molecule has 42 heavy (non-hydrogen) atoms. The maximum atomic E-state index is 9.77. The van der Waals surface area contributed by atoms with Crippen molar-refractivity contribution in [2.24, 2.45) is 5.92 Å². The van der Waals surface area contributed by atoms with Crippen molar-refractivity contribution in [1.82, 2.24) is 0 Å². The molecule has 0 heterocycles. The highest BCUT2D eigenvalue weighted by Gasteiger charge is 2.36. The van der Waals surface area contributed by atoms with E-state index < -0.39 is 0 Å². The van der Waals surface area contributed by atoms with Crippen molar-refractivity contribution in [2.75, 3.05) is 0 Å². The molecule has 1 aliphatic rings. The fraction of sp³-hybridized carbons (Fsp3) is 0.171. The van der Waals surface area contributed by atoms with Crippen molar-refractivity contribution in [3.05, 3.63) is 126 Å². The van der Waals surface area contributed by atoms with Crippen molar-refractivity contribution >= 4 is 32.3 Å². The first-order chi connectivity index (χ1) is 20.3. The minimum Gasteiger partial charge on any atom is -0.508 e. The lowest BCUT2D eigenvalue weighted by Crippen LogP contribution is -2.15. The van der Waals surface area contributed by atoms with Gasteiger partial charge in [-0.05, 0) is 119 Å². The minimum atomic E-state index is -0.121. The second kappa shape index (κ2) is 8.94. The fourth-order valence-corrected chi connectivity index (χ4v) is 7.46. The third-order valence-corrected chi connectivity index (χ3v) is 9.49. The van der Waals surface area contributed by atoms with Crippen molar-refractivity contribution < 1.29 is 5.11 Å². The van der Waals surface area contributed by atoms with Gasteiger partial charge in [0.25, 0.3) is 0 Å². The van der Waals surface area contributed by atoms with Crippen LogP contribution in [-0.2, 0) is 11.8 Å². The second-order valence-corrected chi connectivity index (χ2v) is 13.1. The van der Waals surface area contributed by atoms with E-state index in [2.05, 4.69) is 113 Å². The van der Waals surface area contributed by atoms with Crippen molar-refractivity contribution in [1.29, 1.82) is 0 Å². The van der Waals surface area contributed by atoms with Crippen molar-refractivity contribution in [3.8, 4) is 39.1 Å². The Morgan fingerprint density at radius 1 is 0.548 bits per heavy atom. The van der Waals surface area contributed by atoms with Gasteiger partial charge < -0.3 is 5.11 Å². The average Bonchev–Trinajstić information content (AvgIpc) is 3.21. The van der Waals surface area contributed by atoms with Gasteiger partial charge >= 0.3 is 0 Å². The van der Waals surface area contributed by atoms with Crippen LogP contribution in [0.1, 0.15) is 44.4 Å². The van der Waals surface area contributed by atoms with Crippen LogP contribution in [0.15, 0.2) is 109 Å². The molecule has 1 heteroatoms. The van der Waals surface area contributed by atoms with E-state index in [0.717, 1.165) is 12.0 Å². The first-order valence-corrected chi connectivity index (χ1v) is 15.1. The third kappa shape index (κ3) is 3.70. The number of phenols is 1. The van der Waals surface area contributed by atoms with Crippen LogP contribution in [0.4, 0.5) is 0 Å². The molecule has 0 spiro atoms. The van der Waals surface area contributed by atoms with Gasteiger partial charge in [-0.25, -0.2) is 0 Å². The molecule has 0 amide bonds. The molecular formula is C41H34O. The van der Waals surface area contributed by atoms with Gasteiger partial charge in [-0.2, -0.15) is 0 Å². The van der Waals surface area contributed by atoms with Gasteiger partial charge in [0.15, 0.2) is 0 Å². The van der Waals surface area contributed by atoms with Crippen LogP contribution < -0.4 is 0 Å². The van der Waals surface area contributed by atoms with E-state index in [1.807, 2.05) is 12.1 Å². The Kier molecular flexibility index (Phi) is 5.35. The molecule has 0 saturated heterocycles. The zero-order valence-corrected chi connectivity index (χ0v) is 24.6. The Hall–Kier alpha value is -4.62. The average molecular weight is 543 g/mol. The number of phenolic OH excluding ortho intramolecular Hbond substituents is 1. The number of hydrogen-bond donors (Lipinski definition) is 1. The highest BCUT2D eigenvalue weighted by Crippen LogP contribution is 2.51. The fourth-order valence-electron chi connectivity index (χ4n) is 7.46. The number of fused-ring (bicyclic) bond motifs is 3. The number of aromatic hydroxyl groups is 1. The quantitative estimate of drug-likeness (QED) is 0.219. The number of rotatable bonds is 4. The van der Waals surface area contributed by atoms with Gasteiger partial charge in [0.05, 0.1) is 0 Å². The van der Waals surface area contributed by atoms with Gasteiger partial charge in [0.1, 0.15) is 5.75 Å². The molecule has 8 rings (SSSR count). The van der Waals surface area contributed by atoms with Crippen LogP contribution in [-0.4, -0.2) is 5.11 Å². The van der Waals surface area contributed by atoms with E-state index in [1.165, 1.54) is 76.8 Å². The van der Waals surface area contributed by atoms with Crippen LogP contribution in [0.5, 0.6) is 5.75 Å². The lowest BCUT2D eigenvalue weighted by molar-refractivity contribution is 0.475. The Morgan fingerprint density at radius 2 is 1.10 bits per heavy atom. The molecule has 204 valence electrons. The van der Waals surface area contributed by atoms with Crippen molar-refractivity contribution in [3.63, 3.8) is 0 Å². The monoisotopic (exact) mass is 542 g/mol. The summed E-state index contributed by atoms with van der Waals surface area (Å²) in [6.07, 6.45) is 1.10. The Morgan fingerprint density at radius 3 is 1.79 bits per heavy atom. The van der Waals surface area contributed by atoms with Crippen LogP contribution in [0.2, 0.25) is 0 Å². The Bertz CT molecular complexity index is 2140. The number of hydrogen-bond acceptors (Lipinski definition) is 1. The molecule has 0 aliphatic heterocycles. The zero-order chi connectivity index (χ0) is 28.7. The van der Waals surface area contributed by atoms with E-state index in [1.54, 1.807) is 12.1 Å². The highest BCUT2D eigenvalue weighted by atomic mass is 16.3. The van der Waals surface area contributed by atoms with Gasteiger partial charge in [-0.3, -0.25) is 0 Å². The minimum absolute atomic E-state index is 0.121. The van der Waals surface area contributed by atoms with Gasteiger partial charge in [-0.15, -0.1) is 0 Å². The SMILES string of the molecule is CC(C)Cc1cc2ccc3ccc(-c4ccc5c(c4)C(C)(C)c4cc(-c6ccc(O)cc6)ccc4-5)c4ccc(c1)c2c34. The first-order valence-electron chi connectivity index (χ1n) is 15.1. The molecule has 0 saturated carbocycles. The highest BCUT2D eigenvalue weighted by molar-refractivity contribution is 6.25. The van der Waals surface area contributed by atoms with Crippen LogP contribution in [0.25, 0.3) is 65.7 Å². The maximum absolute atomic E-state index is 9.77. The first kappa shape index (κ1) is 25.1. The van der Waals surface area contributed by atoms with Crippen LogP contribution in [0.3, 0.4) is 0 Å². The summed E-state index contributed by atoms with van der Waals surface area (Å²) < 4.78 is 0. The summed E-state index contributed by atoms with van der Waals surface area (Å²) in [7, 11) is 0. The van der Waals surface area contributed by atoms with E-state index >= 15 is 0 Å². The van der Waals surface area contributed by atoms with E-state index in [-0.39, 0.29) is 5.41 Å². The molecule has 7 aromatic rings. The summed E-state index contributed by atoms with van der Waals surface area (Å²) in [6.45, 7) is 9.28. The topological polar surface area (TPSA) is 20.2 Å².